The van der Waals surface area contributed by atoms with Crippen LogP contribution >= 0.6 is 0 Å². The standard InChI is InChI=1S/C15H23NO4S/c1-4-15(18,5-2)11-16-14(17)12-9-7-8-10-13(12)21(19,20)6-3/h7-10,18H,4-6,11H2,1-3H3,(H,16,17). The summed E-state index contributed by atoms with van der Waals surface area (Å²) in [6, 6.07) is 6.12. The molecule has 0 heterocycles. The van der Waals surface area contributed by atoms with Crippen LogP contribution in [0.4, 0.5) is 0 Å². The fourth-order valence-electron chi connectivity index (χ4n) is 1.92. The first-order valence-corrected chi connectivity index (χ1v) is 8.77. The zero-order valence-corrected chi connectivity index (χ0v) is 13.5. The number of amides is 1. The van der Waals surface area contributed by atoms with E-state index < -0.39 is 21.3 Å². The smallest absolute Gasteiger partial charge is 0.252 e. The Morgan fingerprint density at radius 1 is 1.19 bits per heavy atom. The Morgan fingerprint density at radius 3 is 2.29 bits per heavy atom. The van der Waals surface area contributed by atoms with Crippen LogP contribution in [-0.2, 0) is 9.84 Å². The van der Waals surface area contributed by atoms with Gasteiger partial charge in [-0.1, -0.05) is 32.9 Å². The first kappa shape index (κ1) is 17.7. The third-order valence-corrected chi connectivity index (χ3v) is 5.53. The zero-order valence-electron chi connectivity index (χ0n) is 12.7. The van der Waals surface area contributed by atoms with Crippen molar-refractivity contribution in [3.8, 4) is 0 Å². The third-order valence-electron chi connectivity index (χ3n) is 3.74. The van der Waals surface area contributed by atoms with Gasteiger partial charge >= 0.3 is 0 Å². The number of rotatable bonds is 7. The largest absolute Gasteiger partial charge is 0.388 e. The lowest BCUT2D eigenvalue weighted by Gasteiger charge is -2.25. The second-order valence-corrected chi connectivity index (χ2v) is 7.26. The summed E-state index contributed by atoms with van der Waals surface area (Å²) >= 11 is 0. The molecule has 0 spiro atoms. The molecule has 0 fully saturated rings. The Balaban J connectivity index is 3.00. The zero-order chi connectivity index (χ0) is 16.1. The van der Waals surface area contributed by atoms with Crippen molar-refractivity contribution < 1.29 is 18.3 Å². The van der Waals surface area contributed by atoms with Gasteiger partial charge in [0, 0.05) is 6.54 Å². The van der Waals surface area contributed by atoms with E-state index in [1.54, 1.807) is 12.1 Å². The molecule has 0 unspecified atom stereocenters. The van der Waals surface area contributed by atoms with Crippen molar-refractivity contribution in [3.63, 3.8) is 0 Å². The van der Waals surface area contributed by atoms with E-state index in [2.05, 4.69) is 5.32 Å². The van der Waals surface area contributed by atoms with Crippen LogP contribution in [-0.4, -0.2) is 37.3 Å². The van der Waals surface area contributed by atoms with Gasteiger partial charge in [0.25, 0.3) is 5.91 Å². The normalized spacial score (nSPS) is 12.2. The molecule has 0 atom stereocenters. The predicted octanol–water partition coefficient (Wildman–Crippen LogP) is 1.76. The molecule has 5 nitrogen and oxygen atoms in total. The molecule has 1 aromatic rings. The van der Waals surface area contributed by atoms with Crippen LogP contribution in [0.5, 0.6) is 0 Å². The minimum atomic E-state index is -3.46. The summed E-state index contributed by atoms with van der Waals surface area (Å²) in [5.74, 6) is -0.548. The molecule has 0 aliphatic carbocycles. The summed E-state index contributed by atoms with van der Waals surface area (Å²) in [7, 11) is -3.46. The van der Waals surface area contributed by atoms with E-state index in [1.165, 1.54) is 19.1 Å². The van der Waals surface area contributed by atoms with E-state index in [0.29, 0.717) is 12.8 Å². The molecule has 0 aliphatic heterocycles. The molecule has 0 aliphatic rings. The van der Waals surface area contributed by atoms with E-state index in [0.717, 1.165) is 0 Å². The van der Waals surface area contributed by atoms with E-state index in [9.17, 15) is 18.3 Å². The monoisotopic (exact) mass is 313 g/mol. The first-order chi connectivity index (χ1) is 9.79. The summed E-state index contributed by atoms with van der Waals surface area (Å²) in [6.07, 6.45) is 1.03. The summed E-state index contributed by atoms with van der Waals surface area (Å²) in [5, 5.41) is 12.8. The number of benzene rings is 1. The molecule has 0 aromatic heterocycles. The molecule has 0 saturated carbocycles. The Morgan fingerprint density at radius 2 is 1.76 bits per heavy atom. The summed E-state index contributed by atoms with van der Waals surface area (Å²) in [5.41, 5.74) is -0.845. The molecule has 0 saturated heterocycles. The number of hydrogen-bond donors (Lipinski definition) is 2. The average Bonchev–Trinajstić information content (AvgIpc) is 2.52. The highest BCUT2D eigenvalue weighted by atomic mass is 32.2. The topological polar surface area (TPSA) is 83.5 Å². The van der Waals surface area contributed by atoms with E-state index in [1.807, 2.05) is 13.8 Å². The van der Waals surface area contributed by atoms with Crippen LogP contribution in [0.2, 0.25) is 0 Å². The van der Waals surface area contributed by atoms with Crippen molar-refractivity contribution in [2.45, 2.75) is 44.1 Å². The number of sulfone groups is 1. The molecule has 6 heteroatoms. The fourth-order valence-corrected chi connectivity index (χ4v) is 3.01. The van der Waals surface area contributed by atoms with Crippen molar-refractivity contribution in [1.82, 2.24) is 5.32 Å². The summed E-state index contributed by atoms with van der Waals surface area (Å²) < 4.78 is 24.0. The van der Waals surface area contributed by atoms with Gasteiger partial charge in [-0.25, -0.2) is 8.42 Å². The first-order valence-electron chi connectivity index (χ1n) is 7.12. The SMILES string of the molecule is CCC(O)(CC)CNC(=O)c1ccccc1S(=O)(=O)CC. The molecule has 21 heavy (non-hydrogen) atoms. The van der Waals surface area contributed by atoms with Crippen LogP contribution in [0.3, 0.4) is 0 Å². The maximum absolute atomic E-state index is 12.2. The van der Waals surface area contributed by atoms with Crippen LogP contribution in [0.25, 0.3) is 0 Å². The van der Waals surface area contributed by atoms with Crippen LogP contribution in [0.1, 0.15) is 44.0 Å². The molecule has 0 radical (unpaired) electrons. The van der Waals surface area contributed by atoms with Gasteiger partial charge in [-0.3, -0.25) is 4.79 Å². The third kappa shape index (κ3) is 4.28. The number of hydrogen-bond acceptors (Lipinski definition) is 4. The van der Waals surface area contributed by atoms with Gasteiger partial charge in [-0.2, -0.15) is 0 Å². The summed E-state index contributed by atoms with van der Waals surface area (Å²) in [4.78, 5) is 12.2. The molecule has 2 N–H and O–H groups in total. The Bertz CT molecular complexity index is 591. The highest BCUT2D eigenvalue weighted by molar-refractivity contribution is 7.91. The minimum absolute atomic E-state index is 0.0292. The van der Waals surface area contributed by atoms with Crippen molar-refractivity contribution in [3.05, 3.63) is 29.8 Å². The lowest BCUT2D eigenvalue weighted by molar-refractivity contribution is 0.0313. The lowest BCUT2D eigenvalue weighted by atomic mass is 9.97. The van der Waals surface area contributed by atoms with Crippen LogP contribution in [0, 0.1) is 0 Å². The van der Waals surface area contributed by atoms with Crippen molar-refractivity contribution in [2.24, 2.45) is 0 Å². The van der Waals surface area contributed by atoms with E-state index in [-0.39, 0.29) is 22.8 Å². The number of aliphatic hydroxyl groups is 1. The van der Waals surface area contributed by atoms with Gasteiger partial charge in [0.05, 0.1) is 21.8 Å². The van der Waals surface area contributed by atoms with E-state index in [4.69, 9.17) is 0 Å². The van der Waals surface area contributed by atoms with Gasteiger partial charge in [-0.05, 0) is 25.0 Å². The van der Waals surface area contributed by atoms with Gasteiger partial charge in [0.2, 0.25) is 0 Å². The molecule has 0 bridgehead atoms. The van der Waals surface area contributed by atoms with Crippen molar-refractivity contribution >= 4 is 15.7 Å². The summed E-state index contributed by atoms with van der Waals surface area (Å²) in [6.45, 7) is 5.31. The van der Waals surface area contributed by atoms with Gasteiger partial charge in [-0.15, -0.1) is 0 Å². The molecule has 1 amide bonds. The maximum atomic E-state index is 12.2. The van der Waals surface area contributed by atoms with Gasteiger partial charge in [0.15, 0.2) is 9.84 Å². The molecular formula is C15H23NO4S. The van der Waals surface area contributed by atoms with Crippen LogP contribution in [0.15, 0.2) is 29.2 Å². The second kappa shape index (κ2) is 7.04. The Hall–Kier alpha value is -1.40. The van der Waals surface area contributed by atoms with Crippen LogP contribution < -0.4 is 5.32 Å². The average molecular weight is 313 g/mol. The number of carbonyl (C=O) groups is 1. The second-order valence-electron chi connectivity index (χ2n) is 5.01. The highest BCUT2D eigenvalue weighted by Crippen LogP contribution is 2.18. The van der Waals surface area contributed by atoms with Crippen molar-refractivity contribution in [1.29, 1.82) is 0 Å². The fraction of sp³-hybridized carbons (Fsp3) is 0.533. The molecule has 1 rings (SSSR count). The molecule has 118 valence electrons. The molecule has 1 aromatic carbocycles. The van der Waals surface area contributed by atoms with E-state index >= 15 is 0 Å². The number of nitrogens with one attached hydrogen (secondary N) is 1. The van der Waals surface area contributed by atoms with Crippen molar-refractivity contribution in [2.75, 3.05) is 12.3 Å². The highest BCUT2D eigenvalue weighted by Gasteiger charge is 2.25. The maximum Gasteiger partial charge on any atom is 0.252 e. The number of carbonyl (C=O) groups excluding carboxylic acids is 1. The Kier molecular flexibility index (Phi) is 5.92. The quantitative estimate of drug-likeness (QED) is 0.803. The van der Waals surface area contributed by atoms with Gasteiger partial charge in [0.1, 0.15) is 0 Å². The predicted molar refractivity (Wildman–Crippen MR) is 82.0 cm³/mol. The molecular weight excluding hydrogens is 290 g/mol. The minimum Gasteiger partial charge on any atom is -0.388 e. The van der Waals surface area contributed by atoms with Gasteiger partial charge < -0.3 is 10.4 Å². The Labute approximate surface area is 126 Å². The lowest BCUT2D eigenvalue weighted by Crippen LogP contribution is -2.42.